The molecule has 2 fully saturated rings. The van der Waals surface area contributed by atoms with Gasteiger partial charge in [0.1, 0.15) is 0 Å². The molecular weight excluding hydrogens is 364 g/mol. The Labute approximate surface area is 165 Å². The Morgan fingerprint density at radius 3 is 2.56 bits per heavy atom. The monoisotopic (exact) mass is 390 g/mol. The summed E-state index contributed by atoms with van der Waals surface area (Å²) in [5, 5.41) is 4.20. The van der Waals surface area contributed by atoms with Gasteiger partial charge in [-0.1, -0.05) is 36.2 Å². The summed E-state index contributed by atoms with van der Waals surface area (Å²) in [6, 6.07) is 9.42. The van der Waals surface area contributed by atoms with Crippen LogP contribution in [0.5, 0.6) is 0 Å². The lowest BCUT2D eigenvalue weighted by atomic mass is 9.81. The molecule has 1 aromatic heterocycles. The van der Waals surface area contributed by atoms with Gasteiger partial charge < -0.3 is 15.2 Å². The van der Waals surface area contributed by atoms with Gasteiger partial charge in [-0.2, -0.15) is 4.98 Å². The third kappa shape index (κ3) is 3.73. The van der Waals surface area contributed by atoms with Crippen molar-refractivity contribution in [1.82, 2.24) is 15.0 Å². The summed E-state index contributed by atoms with van der Waals surface area (Å²) in [5.74, 6) is 1.29. The fourth-order valence-corrected chi connectivity index (χ4v) is 4.25. The van der Waals surface area contributed by atoms with Crippen LogP contribution in [0, 0.1) is 0 Å². The predicted molar refractivity (Wildman–Crippen MR) is 105 cm³/mol. The zero-order valence-electron chi connectivity index (χ0n) is 15.7. The number of amides is 1. The lowest BCUT2D eigenvalue weighted by Gasteiger charge is -2.38. The van der Waals surface area contributed by atoms with Gasteiger partial charge >= 0.3 is 0 Å². The Bertz CT molecular complexity index is 788. The maximum atomic E-state index is 12.8. The number of piperidine rings is 1. The Balaban J connectivity index is 0.00000210. The van der Waals surface area contributed by atoms with Crippen molar-refractivity contribution in [3.05, 3.63) is 47.6 Å². The third-order valence-corrected chi connectivity index (χ3v) is 5.89. The summed E-state index contributed by atoms with van der Waals surface area (Å²) in [4.78, 5) is 19.4. The molecular formula is C20H27ClN4O2. The zero-order chi connectivity index (χ0) is 18.2. The highest BCUT2D eigenvalue weighted by Gasteiger charge is 2.42. The highest BCUT2D eigenvalue weighted by Crippen LogP contribution is 2.38. The van der Waals surface area contributed by atoms with E-state index in [2.05, 4.69) is 17.1 Å². The first kappa shape index (κ1) is 19.8. The van der Waals surface area contributed by atoms with Crippen LogP contribution in [0.3, 0.4) is 0 Å². The Morgan fingerprint density at radius 2 is 1.85 bits per heavy atom. The van der Waals surface area contributed by atoms with Gasteiger partial charge in [-0.25, -0.2) is 0 Å². The molecule has 1 amide bonds. The van der Waals surface area contributed by atoms with E-state index in [0.717, 1.165) is 50.6 Å². The molecule has 0 radical (unpaired) electrons. The van der Waals surface area contributed by atoms with Crippen LogP contribution in [0.2, 0.25) is 0 Å². The minimum atomic E-state index is -0.452. The molecule has 1 saturated heterocycles. The van der Waals surface area contributed by atoms with Crippen molar-refractivity contribution in [3.8, 4) is 0 Å². The van der Waals surface area contributed by atoms with Crippen LogP contribution in [0.15, 0.2) is 34.9 Å². The third-order valence-electron chi connectivity index (χ3n) is 5.89. The van der Waals surface area contributed by atoms with E-state index in [1.807, 2.05) is 35.2 Å². The maximum absolute atomic E-state index is 12.8. The lowest BCUT2D eigenvalue weighted by molar-refractivity contribution is 0.0620. The van der Waals surface area contributed by atoms with Crippen LogP contribution < -0.4 is 5.73 Å². The highest BCUT2D eigenvalue weighted by atomic mass is 35.5. The molecule has 1 aliphatic heterocycles. The smallest absolute Gasteiger partial charge is 0.253 e. The molecule has 0 spiro atoms. The lowest BCUT2D eigenvalue weighted by Crippen LogP contribution is -2.47. The van der Waals surface area contributed by atoms with Gasteiger partial charge in [0.05, 0.1) is 11.0 Å². The molecule has 1 aliphatic carbocycles. The Hall–Kier alpha value is -1.92. The number of nitrogens with two attached hydrogens (primary N) is 1. The molecule has 2 aromatic rings. The maximum Gasteiger partial charge on any atom is 0.253 e. The minimum absolute atomic E-state index is 0. The Kier molecular flexibility index (Phi) is 5.58. The molecule has 2 heterocycles. The summed E-state index contributed by atoms with van der Waals surface area (Å²) in [6.07, 6.45) is 5.86. The standard InChI is InChI=1S/C20H26N4O2.ClH/c1-19(18-22-17(23-26-18)20(21)11-5-6-12-20)10-7-13-24(14-19)16(25)15-8-3-2-4-9-15;/h2-4,8-9H,5-7,10-14,21H2,1H3;1H. The topological polar surface area (TPSA) is 85.2 Å². The summed E-state index contributed by atoms with van der Waals surface area (Å²) in [5.41, 5.74) is 6.40. The second kappa shape index (κ2) is 7.60. The molecule has 27 heavy (non-hydrogen) atoms. The number of halogens is 1. The van der Waals surface area contributed by atoms with E-state index < -0.39 is 5.54 Å². The summed E-state index contributed by atoms with van der Waals surface area (Å²) >= 11 is 0. The number of nitrogens with zero attached hydrogens (tertiary/aromatic N) is 3. The average Bonchev–Trinajstić information content (AvgIpc) is 3.32. The summed E-state index contributed by atoms with van der Waals surface area (Å²) in [6.45, 7) is 3.44. The largest absolute Gasteiger partial charge is 0.339 e. The molecule has 146 valence electrons. The van der Waals surface area contributed by atoms with Crippen LogP contribution in [0.4, 0.5) is 0 Å². The molecule has 1 unspecified atom stereocenters. The molecule has 2 N–H and O–H groups in total. The number of carbonyl (C=O) groups is 1. The Morgan fingerprint density at radius 1 is 1.15 bits per heavy atom. The van der Waals surface area contributed by atoms with Crippen molar-refractivity contribution in [1.29, 1.82) is 0 Å². The first-order valence-corrected chi connectivity index (χ1v) is 9.48. The number of aromatic nitrogens is 2. The van der Waals surface area contributed by atoms with Gasteiger partial charge in [0.15, 0.2) is 5.82 Å². The van der Waals surface area contributed by atoms with E-state index in [4.69, 9.17) is 10.3 Å². The van der Waals surface area contributed by atoms with Gasteiger partial charge in [-0.05, 0) is 44.7 Å². The second-order valence-corrected chi connectivity index (χ2v) is 8.04. The van der Waals surface area contributed by atoms with E-state index in [-0.39, 0.29) is 23.7 Å². The number of hydrogen-bond donors (Lipinski definition) is 1. The summed E-state index contributed by atoms with van der Waals surface area (Å²) in [7, 11) is 0. The van der Waals surface area contributed by atoms with E-state index >= 15 is 0 Å². The molecule has 7 heteroatoms. The molecule has 4 rings (SSSR count). The SMILES string of the molecule is CC1(c2nc(C3(N)CCCC3)no2)CCCN(C(=O)c2ccccc2)C1.Cl. The molecule has 0 bridgehead atoms. The van der Waals surface area contributed by atoms with Gasteiger partial charge in [-0.3, -0.25) is 4.79 Å². The normalized spacial score (nSPS) is 24.4. The fraction of sp³-hybridized carbons (Fsp3) is 0.550. The number of carbonyl (C=O) groups excluding carboxylic acids is 1. The quantitative estimate of drug-likeness (QED) is 0.867. The van der Waals surface area contributed by atoms with E-state index in [9.17, 15) is 4.79 Å². The van der Waals surface area contributed by atoms with Crippen LogP contribution in [0.25, 0.3) is 0 Å². The first-order chi connectivity index (χ1) is 12.5. The van der Waals surface area contributed by atoms with Crippen molar-refractivity contribution < 1.29 is 9.32 Å². The molecule has 1 atom stereocenters. The van der Waals surface area contributed by atoms with Crippen LogP contribution in [-0.4, -0.2) is 34.0 Å². The van der Waals surface area contributed by atoms with Crippen LogP contribution >= 0.6 is 12.4 Å². The molecule has 1 aromatic carbocycles. The van der Waals surface area contributed by atoms with Crippen molar-refractivity contribution in [2.75, 3.05) is 13.1 Å². The number of likely N-dealkylation sites (tertiary alicyclic amines) is 1. The number of hydrogen-bond acceptors (Lipinski definition) is 5. The van der Waals surface area contributed by atoms with Gasteiger partial charge in [0, 0.05) is 18.7 Å². The zero-order valence-corrected chi connectivity index (χ0v) is 16.5. The number of rotatable bonds is 3. The summed E-state index contributed by atoms with van der Waals surface area (Å²) < 4.78 is 5.64. The predicted octanol–water partition coefficient (Wildman–Crippen LogP) is 3.41. The van der Waals surface area contributed by atoms with E-state index in [1.54, 1.807) is 0 Å². The van der Waals surface area contributed by atoms with Crippen molar-refractivity contribution in [3.63, 3.8) is 0 Å². The number of benzene rings is 1. The average molecular weight is 391 g/mol. The fourth-order valence-electron chi connectivity index (χ4n) is 4.25. The highest BCUT2D eigenvalue weighted by molar-refractivity contribution is 5.94. The van der Waals surface area contributed by atoms with Crippen molar-refractivity contribution in [2.24, 2.45) is 5.73 Å². The van der Waals surface area contributed by atoms with E-state index in [1.165, 1.54) is 0 Å². The van der Waals surface area contributed by atoms with Crippen molar-refractivity contribution in [2.45, 2.75) is 56.4 Å². The molecule has 1 saturated carbocycles. The van der Waals surface area contributed by atoms with Crippen molar-refractivity contribution >= 4 is 18.3 Å². The van der Waals surface area contributed by atoms with Crippen LogP contribution in [-0.2, 0) is 11.0 Å². The first-order valence-electron chi connectivity index (χ1n) is 9.48. The molecule has 6 nitrogen and oxygen atoms in total. The van der Waals surface area contributed by atoms with E-state index in [0.29, 0.717) is 18.3 Å². The minimum Gasteiger partial charge on any atom is -0.339 e. The van der Waals surface area contributed by atoms with Gasteiger partial charge in [-0.15, -0.1) is 12.4 Å². The van der Waals surface area contributed by atoms with Gasteiger partial charge in [0.2, 0.25) is 5.89 Å². The van der Waals surface area contributed by atoms with Crippen LogP contribution in [0.1, 0.15) is 67.5 Å². The second-order valence-electron chi connectivity index (χ2n) is 8.04. The van der Waals surface area contributed by atoms with Gasteiger partial charge in [0.25, 0.3) is 5.91 Å². The molecule has 2 aliphatic rings.